The van der Waals surface area contributed by atoms with Crippen LogP contribution in [0.5, 0.6) is 5.75 Å². The van der Waals surface area contributed by atoms with Crippen molar-refractivity contribution in [2.45, 2.75) is 65.7 Å². The second-order valence-corrected chi connectivity index (χ2v) is 10.1. The summed E-state index contributed by atoms with van der Waals surface area (Å²) in [5.41, 5.74) is 2.63. The van der Waals surface area contributed by atoms with Crippen LogP contribution in [-0.4, -0.2) is 76.5 Å². The van der Waals surface area contributed by atoms with Gasteiger partial charge >= 0.3 is 0 Å². The van der Waals surface area contributed by atoms with E-state index >= 15 is 0 Å². The summed E-state index contributed by atoms with van der Waals surface area (Å²) >= 11 is 0. The quantitative estimate of drug-likeness (QED) is 0.560. The standard InChI is InChI=1S/C27H36N6O3/c1-5-36-22-10-6-20(7-11-22)16-33(21-8-9-21)25-23-17-32(18(2)3)26(35)24(23)28-27(29-25)31-14-12-30(13-15-31)19(4)34/h6-7,10-11,18,21H,5,8-9,12-17H2,1-4H3. The fourth-order valence-electron chi connectivity index (χ4n) is 5.00. The van der Waals surface area contributed by atoms with Crippen LogP contribution >= 0.6 is 0 Å². The van der Waals surface area contributed by atoms with Gasteiger partial charge in [-0.25, -0.2) is 4.98 Å². The van der Waals surface area contributed by atoms with Crippen molar-refractivity contribution in [1.82, 2.24) is 19.8 Å². The molecule has 2 fully saturated rings. The Balaban J connectivity index is 1.49. The number of hydrogen-bond donors (Lipinski definition) is 0. The summed E-state index contributed by atoms with van der Waals surface area (Å²) < 4.78 is 5.61. The minimum absolute atomic E-state index is 0.0240. The number of aromatic nitrogens is 2. The Bertz CT molecular complexity index is 1120. The highest BCUT2D eigenvalue weighted by molar-refractivity contribution is 5.98. The lowest BCUT2D eigenvalue weighted by molar-refractivity contribution is -0.129. The number of piperazine rings is 1. The summed E-state index contributed by atoms with van der Waals surface area (Å²) in [5.74, 6) is 2.39. The molecule has 2 amide bonds. The van der Waals surface area contributed by atoms with Crippen LogP contribution in [0.2, 0.25) is 0 Å². The maximum absolute atomic E-state index is 13.4. The van der Waals surface area contributed by atoms with Crippen LogP contribution in [0, 0.1) is 0 Å². The van der Waals surface area contributed by atoms with Crippen molar-refractivity contribution < 1.29 is 14.3 Å². The number of rotatable bonds is 8. The molecule has 1 saturated heterocycles. The number of fused-ring (bicyclic) bond motifs is 1. The van der Waals surface area contributed by atoms with E-state index < -0.39 is 0 Å². The van der Waals surface area contributed by atoms with E-state index in [2.05, 4.69) is 21.9 Å². The molecule has 1 saturated carbocycles. The molecule has 0 radical (unpaired) electrons. The molecule has 3 aliphatic rings. The van der Waals surface area contributed by atoms with Crippen LogP contribution in [-0.2, 0) is 17.9 Å². The summed E-state index contributed by atoms with van der Waals surface area (Å²) in [4.78, 5) is 43.3. The third-order valence-electron chi connectivity index (χ3n) is 7.24. The normalized spacial score (nSPS) is 17.6. The third-order valence-corrected chi connectivity index (χ3v) is 7.24. The molecule has 0 bridgehead atoms. The van der Waals surface area contributed by atoms with Crippen LogP contribution < -0.4 is 14.5 Å². The highest BCUT2D eigenvalue weighted by Crippen LogP contribution is 2.39. The van der Waals surface area contributed by atoms with E-state index in [9.17, 15) is 9.59 Å². The van der Waals surface area contributed by atoms with Crippen LogP contribution in [0.25, 0.3) is 0 Å². The number of benzene rings is 1. The van der Waals surface area contributed by atoms with E-state index in [0.717, 1.165) is 30.0 Å². The lowest BCUT2D eigenvalue weighted by Gasteiger charge is -2.35. The third kappa shape index (κ3) is 4.83. The number of amides is 2. The summed E-state index contributed by atoms with van der Waals surface area (Å²) in [7, 11) is 0. The molecule has 9 heteroatoms. The van der Waals surface area contributed by atoms with E-state index in [4.69, 9.17) is 14.7 Å². The maximum atomic E-state index is 13.4. The van der Waals surface area contributed by atoms with E-state index in [1.165, 1.54) is 5.56 Å². The zero-order valence-electron chi connectivity index (χ0n) is 21.7. The van der Waals surface area contributed by atoms with E-state index in [0.29, 0.717) is 63.6 Å². The smallest absolute Gasteiger partial charge is 0.273 e. The van der Waals surface area contributed by atoms with Gasteiger partial charge in [-0.15, -0.1) is 0 Å². The first-order chi connectivity index (χ1) is 17.4. The molecule has 192 valence electrons. The van der Waals surface area contributed by atoms with Gasteiger partial charge in [0.05, 0.1) is 13.2 Å². The van der Waals surface area contributed by atoms with E-state index in [1.54, 1.807) is 6.92 Å². The Hall–Kier alpha value is -3.36. The van der Waals surface area contributed by atoms with Crippen molar-refractivity contribution in [1.29, 1.82) is 0 Å². The van der Waals surface area contributed by atoms with Crippen molar-refractivity contribution in [2.75, 3.05) is 42.6 Å². The van der Waals surface area contributed by atoms with Crippen LogP contribution in [0.4, 0.5) is 11.8 Å². The Kier molecular flexibility index (Phi) is 6.73. The topological polar surface area (TPSA) is 82.1 Å². The monoisotopic (exact) mass is 492 g/mol. The SMILES string of the molecule is CCOc1ccc(CN(c2nc(N3CCN(C(C)=O)CC3)nc3c2CN(C(C)C)C3=O)C2CC2)cc1. The summed E-state index contributed by atoms with van der Waals surface area (Å²) in [6, 6.07) is 8.73. The fraction of sp³-hybridized carbons (Fsp3) is 0.556. The number of carbonyl (C=O) groups is 2. The van der Waals surface area contributed by atoms with Crippen LogP contribution in [0.3, 0.4) is 0 Å². The van der Waals surface area contributed by atoms with Crippen molar-refractivity contribution in [3.63, 3.8) is 0 Å². The van der Waals surface area contributed by atoms with Gasteiger partial charge in [0.25, 0.3) is 5.91 Å². The first-order valence-electron chi connectivity index (χ1n) is 13.1. The van der Waals surface area contributed by atoms with E-state index in [-0.39, 0.29) is 17.9 Å². The predicted molar refractivity (Wildman–Crippen MR) is 138 cm³/mol. The van der Waals surface area contributed by atoms with Crippen molar-refractivity contribution in [3.05, 3.63) is 41.1 Å². The summed E-state index contributed by atoms with van der Waals surface area (Å²) in [6.45, 7) is 12.1. The second kappa shape index (κ2) is 9.95. The zero-order valence-corrected chi connectivity index (χ0v) is 21.7. The maximum Gasteiger partial charge on any atom is 0.273 e. The lowest BCUT2D eigenvalue weighted by Crippen LogP contribution is -2.48. The molecule has 5 rings (SSSR count). The number of hydrogen-bond acceptors (Lipinski definition) is 7. The largest absolute Gasteiger partial charge is 0.494 e. The molecule has 0 N–H and O–H groups in total. The summed E-state index contributed by atoms with van der Waals surface area (Å²) in [5, 5.41) is 0. The molecular formula is C27H36N6O3. The summed E-state index contributed by atoms with van der Waals surface area (Å²) in [6.07, 6.45) is 2.23. The van der Waals surface area contributed by atoms with Gasteiger partial charge in [-0.05, 0) is 51.3 Å². The fourth-order valence-corrected chi connectivity index (χ4v) is 5.00. The highest BCUT2D eigenvalue weighted by atomic mass is 16.5. The molecule has 1 aromatic heterocycles. The molecule has 3 heterocycles. The van der Waals surface area contributed by atoms with Gasteiger partial charge in [-0.1, -0.05) is 12.1 Å². The van der Waals surface area contributed by atoms with Crippen LogP contribution in [0.15, 0.2) is 24.3 Å². The van der Waals surface area contributed by atoms with Gasteiger partial charge in [0, 0.05) is 57.3 Å². The van der Waals surface area contributed by atoms with Crippen molar-refractivity contribution in [3.8, 4) is 5.75 Å². The Morgan fingerprint density at radius 3 is 2.39 bits per heavy atom. The molecule has 2 aliphatic heterocycles. The molecule has 1 aliphatic carbocycles. The molecule has 0 atom stereocenters. The average Bonchev–Trinajstić information content (AvgIpc) is 3.66. The van der Waals surface area contributed by atoms with Crippen LogP contribution in [0.1, 0.15) is 62.2 Å². The molecule has 1 aromatic carbocycles. The Morgan fingerprint density at radius 1 is 1.11 bits per heavy atom. The average molecular weight is 493 g/mol. The molecule has 36 heavy (non-hydrogen) atoms. The Labute approximate surface area is 213 Å². The number of nitrogens with zero attached hydrogens (tertiary/aromatic N) is 6. The number of anilines is 2. The second-order valence-electron chi connectivity index (χ2n) is 10.1. The molecule has 9 nitrogen and oxygen atoms in total. The van der Waals surface area contributed by atoms with Gasteiger partial charge in [0.2, 0.25) is 11.9 Å². The zero-order chi connectivity index (χ0) is 25.4. The van der Waals surface area contributed by atoms with Gasteiger partial charge in [-0.2, -0.15) is 4.98 Å². The first kappa shape index (κ1) is 24.3. The lowest BCUT2D eigenvalue weighted by atomic mass is 10.1. The van der Waals surface area contributed by atoms with Gasteiger partial charge in [-0.3, -0.25) is 9.59 Å². The molecule has 2 aromatic rings. The predicted octanol–water partition coefficient (Wildman–Crippen LogP) is 3.08. The number of carbonyl (C=O) groups excluding carboxylic acids is 2. The van der Waals surface area contributed by atoms with Gasteiger partial charge in [0.15, 0.2) is 0 Å². The molecular weight excluding hydrogens is 456 g/mol. The molecule has 0 spiro atoms. The highest BCUT2D eigenvalue weighted by Gasteiger charge is 2.39. The van der Waals surface area contributed by atoms with Gasteiger partial charge in [0.1, 0.15) is 17.3 Å². The minimum atomic E-state index is -0.0240. The van der Waals surface area contributed by atoms with Crippen molar-refractivity contribution in [2.24, 2.45) is 0 Å². The number of ether oxygens (including phenoxy) is 1. The van der Waals surface area contributed by atoms with Crippen molar-refractivity contribution >= 4 is 23.6 Å². The van der Waals surface area contributed by atoms with Gasteiger partial charge < -0.3 is 24.3 Å². The van der Waals surface area contributed by atoms with E-state index in [1.807, 2.05) is 42.7 Å². The first-order valence-corrected chi connectivity index (χ1v) is 13.1. The minimum Gasteiger partial charge on any atom is -0.494 e. The molecule has 0 unspecified atom stereocenters. The Morgan fingerprint density at radius 2 is 1.81 bits per heavy atom.